The third-order valence-corrected chi connectivity index (χ3v) is 2.19. The van der Waals surface area contributed by atoms with Gasteiger partial charge in [-0.2, -0.15) is 5.10 Å². The molecule has 1 heterocycles. The van der Waals surface area contributed by atoms with Crippen LogP contribution in [-0.2, 0) is 22.6 Å². The smallest absolute Gasteiger partial charge is 0.164 e. The van der Waals surface area contributed by atoms with Gasteiger partial charge in [-0.05, 0) is 13.0 Å². The van der Waals surface area contributed by atoms with Crippen molar-refractivity contribution in [2.24, 2.45) is 0 Å². The van der Waals surface area contributed by atoms with Crippen LogP contribution < -0.4 is 5.32 Å². The van der Waals surface area contributed by atoms with E-state index >= 15 is 0 Å². The Hall–Kier alpha value is -0.980. The van der Waals surface area contributed by atoms with Gasteiger partial charge in [0.05, 0.1) is 32.9 Å². The van der Waals surface area contributed by atoms with Gasteiger partial charge in [-0.25, -0.2) is 4.98 Å². The number of methoxy groups -OCH3 is 1. The van der Waals surface area contributed by atoms with Crippen molar-refractivity contribution in [3.8, 4) is 0 Å². The van der Waals surface area contributed by atoms with Crippen LogP contribution in [-0.4, -0.2) is 48.2 Å². The van der Waals surface area contributed by atoms with Gasteiger partial charge in [0.15, 0.2) is 5.82 Å². The number of nitrogens with one attached hydrogen (secondary N) is 1. The number of rotatable bonds is 10. The van der Waals surface area contributed by atoms with Crippen molar-refractivity contribution in [1.82, 2.24) is 20.1 Å². The summed E-state index contributed by atoms with van der Waals surface area (Å²) in [4.78, 5) is 4.21. The minimum Gasteiger partial charge on any atom is -0.382 e. The predicted molar refractivity (Wildman–Crippen MR) is 64.7 cm³/mol. The zero-order chi connectivity index (χ0) is 12.3. The van der Waals surface area contributed by atoms with Crippen molar-refractivity contribution < 1.29 is 9.47 Å². The summed E-state index contributed by atoms with van der Waals surface area (Å²) in [5, 5.41) is 7.59. The molecule has 0 unspecified atom stereocenters. The van der Waals surface area contributed by atoms with Gasteiger partial charge in [0.25, 0.3) is 0 Å². The molecule has 0 fully saturated rings. The van der Waals surface area contributed by atoms with Gasteiger partial charge in [-0.3, -0.25) is 4.68 Å². The molecule has 98 valence electrons. The normalized spacial score (nSPS) is 10.9. The van der Waals surface area contributed by atoms with Gasteiger partial charge in [0.2, 0.25) is 0 Å². The average molecular weight is 242 g/mol. The molecule has 0 atom stereocenters. The Kier molecular flexibility index (Phi) is 7.53. The first-order valence-electron chi connectivity index (χ1n) is 6.02. The van der Waals surface area contributed by atoms with Crippen molar-refractivity contribution >= 4 is 0 Å². The third kappa shape index (κ3) is 6.35. The zero-order valence-electron chi connectivity index (χ0n) is 10.7. The van der Waals surface area contributed by atoms with E-state index in [9.17, 15) is 0 Å². The number of hydrogen-bond donors (Lipinski definition) is 1. The second-order valence-electron chi connectivity index (χ2n) is 3.71. The van der Waals surface area contributed by atoms with Crippen LogP contribution in [0.5, 0.6) is 0 Å². The Balaban J connectivity index is 2.12. The highest BCUT2D eigenvalue weighted by atomic mass is 16.5. The Bertz CT molecular complexity index is 291. The molecular formula is C11H22N4O2. The van der Waals surface area contributed by atoms with Crippen molar-refractivity contribution in [3.05, 3.63) is 12.2 Å². The van der Waals surface area contributed by atoms with Gasteiger partial charge >= 0.3 is 0 Å². The van der Waals surface area contributed by atoms with E-state index in [0.717, 1.165) is 31.9 Å². The van der Waals surface area contributed by atoms with Crippen LogP contribution in [0.3, 0.4) is 0 Å². The summed E-state index contributed by atoms with van der Waals surface area (Å²) < 4.78 is 12.0. The molecule has 6 nitrogen and oxygen atoms in total. The monoisotopic (exact) mass is 242 g/mol. The van der Waals surface area contributed by atoms with Crippen molar-refractivity contribution in [3.63, 3.8) is 0 Å². The summed E-state index contributed by atoms with van der Waals surface area (Å²) in [5.41, 5.74) is 0. The van der Waals surface area contributed by atoms with E-state index in [1.165, 1.54) is 0 Å². The first-order valence-corrected chi connectivity index (χ1v) is 6.02. The Morgan fingerprint density at radius 3 is 3.00 bits per heavy atom. The van der Waals surface area contributed by atoms with Gasteiger partial charge in [-0.15, -0.1) is 0 Å². The second kappa shape index (κ2) is 9.09. The van der Waals surface area contributed by atoms with E-state index in [1.807, 2.05) is 0 Å². The van der Waals surface area contributed by atoms with E-state index in [2.05, 4.69) is 22.3 Å². The topological polar surface area (TPSA) is 61.2 Å². The molecule has 1 N–H and O–H groups in total. The first-order chi connectivity index (χ1) is 8.36. The fraction of sp³-hybridized carbons (Fsp3) is 0.818. The molecule has 0 saturated carbocycles. The molecule has 0 amide bonds. The maximum Gasteiger partial charge on any atom is 0.164 e. The van der Waals surface area contributed by atoms with E-state index in [0.29, 0.717) is 19.8 Å². The fourth-order valence-electron chi connectivity index (χ4n) is 1.30. The zero-order valence-corrected chi connectivity index (χ0v) is 10.7. The maximum atomic E-state index is 5.36. The molecule has 0 aliphatic rings. The van der Waals surface area contributed by atoms with E-state index in [4.69, 9.17) is 9.47 Å². The van der Waals surface area contributed by atoms with E-state index in [1.54, 1.807) is 18.1 Å². The molecule has 0 aromatic carbocycles. The predicted octanol–water partition coefficient (Wildman–Crippen LogP) is 0.441. The Morgan fingerprint density at radius 2 is 2.24 bits per heavy atom. The molecule has 1 aromatic heterocycles. The molecule has 17 heavy (non-hydrogen) atoms. The second-order valence-corrected chi connectivity index (χ2v) is 3.71. The number of nitrogens with zero attached hydrogens (tertiary/aromatic N) is 3. The van der Waals surface area contributed by atoms with Crippen LogP contribution in [0.1, 0.15) is 19.2 Å². The minimum atomic E-state index is 0.621. The summed E-state index contributed by atoms with van der Waals surface area (Å²) in [6.45, 7) is 6.47. The average Bonchev–Trinajstić information content (AvgIpc) is 2.77. The summed E-state index contributed by atoms with van der Waals surface area (Å²) in [6, 6.07) is 0. The minimum absolute atomic E-state index is 0.621. The summed E-state index contributed by atoms with van der Waals surface area (Å²) in [6.07, 6.45) is 2.86. The summed E-state index contributed by atoms with van der Waals surface area (Å²) in [5.74, 6) is 0.829. The van der Waals surface area contributed by atoms with E-state index in [-0.39, 0.29) is 0 Å². The lowest BCUT2D eigenvalue weighted by atomic mass is 10.5. The highest BCUT2D eigenvalue weighted by Gasteiger charge is 1.99. The number of ether oxygens (including phenoxy) is 2. The molecule has 6 heteroatoms. The third-order valence-electron chi connectivity index (χ3n) is 2.19. The first kappa shape index (κ1) is 14.1. The van der Waals surface area contributed by atoms with Gasteiger partial charge in [0.1, 0.15) is 6.33 Å². The molecule has 0 radical (unpaired) electrons. The standard InChI is InChI=1S/C11H22N4O2/c1-3-4-12-9-11-13-10-15(14-11)5-6-17-8-7-16-2/h10,12H,3-9H2,1-2H3. The van der Waals surface area contributed by atoms with Crippen molar-refractivity contribution in [2.45, 2.75) is 26.4 Å². The van der Waals surface area contributed by atoms with Crippen LogP contribution in [0, 0.1) is 0 Å². The van der Waals surface area contributed by atoms with Gasteiger partial charge in [-0.1, -0.05) is 6.92 Å². The highest BCUT2D eigenvalue weighted by molar-refractivity contribution is 4.80. The SMILES string of the molecule is CCCNCc1ncn(CCOCCOC)n1. The Morgan fingerprint density at radius 1 is 1.35 bits per heavy atom. The van der Waals surface area contributed by atoms with Crippen LogP contribution in [0.4, 0.5) is 0 Å². The lowest BCUT2D eigenvalue weighted by Crippen LogP contribution is -2.15. The largest absolute Gasteiger partial charge is 0.382 e. The van der Waals surface area contributed by atoms with Crippen molar-refractivity contribution in [2.75, 3.05) is 33.5 Å². The number of aromatic nitrogens is 3. The Labute approximate surface area is 102 Å². The molecule has 0 spiro atoms. The lowest BCUT2D eigenvalue weighted by Gasteiger charge is -2.03. The molecule has 0 bridgehead atoms. The molecule has 0 saturated heterocycles. The summed E-state index contributed by atoms with van der Waals surface area (Å²) in [7, 11) is 1.66. The fourth-order valence-corrected chi connectivity index (χ4v) is 1.30. The molecule has 0 aliphatic heterocycles. The van der Waals surface area contributed by atoms with Crippen LogP contribution >= 0.6 is 0 Å². The van der Waals surface area contributed by atoms with Gasteiger partial charge in [0, 0.05) is 7.11 Å². The summed E-state index contributed by atoms with van der Waals surface area (Å²) >= 11 is 0. The molecule has 1 aromatic rings. The molecule has 1 rings (SSSR count). The quantitative estimate of drug-likeness (QED) is 0.603. The van der Waals surface area contributed by atoms with Crippen LogP contribution in [0.2, 0.25) is 0 Å². The molecular weight excluding hydrogens is 220 g/mol. The lowest BCUT2D eigenvalue weighted by molar-refractivity contribution is 0.0653. The molecule has 0 aliphatic carbocycles. The van der Waals surface area contributed by atoms with Crippen LogP contribution in [0.15, 0.2) is 6.33 Å². The van der Waals surface area contributed by atoms with Crippen molar-refractivity contribution in [1.29, 1.82) is 0 Å². The van der Waals surface area contributed by atoms with E-state index < -0.39 is 0 Å². The maximum absolute atomic E-state index is 5.36. The number of hydrogen-bond acceptors (Lipinski definition) is 5. The van der Waals surface area contributed by atoms with Crippen LogP contribution in [0.25, 0.3) is 0 Å². The van der Waals surface area contributed by atoms with Gasteiger partial charge < -0.3 is 14.8 Å². The highest BCUT2D eigenvalue weighted by Crippen LogP contribution is 1.90.